The average molecular weight is 329 g/mol. The van der Waals surface area contributed by atoms with Gasteiger partial charge in [-0.05, 0) is 41.0 Å². The zero-order valence-electron chi connectivity index (χ0n) is 13.2. The highest BCUT2D eigenvalue weighted by Crippen LogP contribution is 2.57. The molecule has 2 heterocycles. The van der Waals surface area contributed by atoms with Crippen LogP contribution in [0.25, 0.3) is 11.1 Å². The van der Waals surface area contributed by atoms with Gasteiger partial charge in [0.15, 0.2) is 11.7 Å². The fraction of sp³-hybridized carbons (Fsp3) is 0.526. The van der Waals surface area contributed by atoms with E-state index in [0.717, 1.165) is 24.1 Å². The number of carbonyl (C=O) groups is 1. The van der Waals surface area contributed by atoms with Gasteiger partial charge >= 0.3 is 0 Å². The minimum atomic E-state index is -0.332. The third kappa shape index (κ3) is 2.55. The van der Waals surface area contributed by atoms with Crippen molar-refractivity contribution < 1.29 is 9.49 Å². The second-order valence-corrected chi connectivity index (χ2v) is 7.81. The largest absolute Gasteiger partial charge is 0.500 e. The zero-order valence-corrected chi connectivity index (χ0v) is 14.0. The Hall–Kier alpha value is -1.48. The number of rotatable bonds is 3. The summed E-state index contributed by atoms with van der Waals surface area (Å²) in [4.78, 5) is 11.0. The Balaban J connectivity index is 1.60. The van der Waals surface area contributed by atoms with Crippen LogP contribution in [0.3, 0.4) is 0 Å². The Labute approximate surface area is 141 Å². The van der Waals surface area contributed by atoms with Gasteiger partial charge in [-0.2, -0.15) is 0 Å². The van der Waals surface area contributed by atoms with Crippen molar-refractivity contribution in [3.05, 3.63) is 46.6 Å². The molecule has 23 heavy (non-hydrogen) atoms. The smallest absolute Gasteiger partial charge is 0.226 e. The van der Waals surface area contributed by atoms with E-state index in [1.807, 2.05) is 12.1 Å². The molecule has 3 nitrogen and oxygen atoms in total. The van der Waals surface area contributed by atoms with E-state index in [9.17, 15) is 10.3 Å². The number of allylic oxidation sites excluding steroid dienone is 1. The Bertz CT molecular complexity index is 699. The van der Waals surface area contributed by atoms with Gasteiger partial charge in [-0.25, -0.2) is 0 Å². The molecule has 1 aromatic rings. The fourth-order valence-corrected chi connectivity index (χ4v) is 4.92. The predicted octanol–water partition coefficient (Wildman–Crippen LogP) is 4.87. The highest BCUT2D eigenvalue weighted by molar-refractivity contribution is 6.63. The summed E-state index contributed by atoms with van der Waals surface area (Å²) in [7, 11) is 0. The van der Waals surface area contributed by atoms with Crippen LogP contribution in [0.1, 0.15) is 56.1 Å². The molecule has 1 unspecified atom stereocenters. The van der Waals surface area contributed by atoms with E-state index in [1.165, 1.54) is 47.9 Å². The molecule has 5 rings (SSSR count). The Morgan fingerprint density at radius 3 is 2.48 bits per heavy atom. The number of piperidine rings is 1. The summed E-state index contributed by atoms with van der Waals surface area (Å²) in [5.41, 5.74) is 15.2. The predicted molar refractivity (Wildman–Crippen MR) is 90.1 cm³/mol. The molecule has 1 saturated heterocycles. The van der Waals surface area contributed by atoms with Crippen LogP contribution in [-0.4, -0.2) is 16.0 Å². The summed E-state index contributed by atoms with van der Waals surface area (Å²) in [6.07, 6.45) is 9.01. The van der Waals surface area contributed by atoms with E-state index in [2.05, 4.69) is 12.1 Å². The molecule has 2 fully saturated rings. The molecule has 1 spiro atoms. The van der Waals surface area contributed by atoms with Gasteiger partial charge in [0, 0.05) is 19.3 Å². The van der Waals surface area contributed by atoms with Gasteiger partial charge in [0.2, 0.25) is 5.24 Å². The van der Waals surface area contributed by atoms with Crippen molar-refractivity contribution in [2.45, 2.75) is 57.4 Å². The number of benzene rings is 1. The summed E-state index contributed by atoms with van der Waals surface area (Å²) in [5.74, 6) is 0. The lowest BCUT2D eigenvalue weighted by molar-refractivity contribution is -0.567. The summed E-state index contributed by atoms with van der Waals surface area (Å²) >= 11 is 5.44. The van der Waals surface area contributed by atoms with Crippen molar-refractivity contribution in [2.24, 2.45) is 5.41 Å². The van der Waals surface area contributed by atoms with Crippen LogP contribution in [0.2, 0.25) is 0 Å². The van der Waals surface area contributed by atoms with Crippen LogP contribution in [-0.2, 0) is 11.2 Å². The minimum absolute atomic E-state index is 0.150. The third-order valence-electron chi connectivity index (χ3n) is 5.91. The molecule has 2 aliphatic heterocycles. The molecule has 1 saturated carbocycles. The van der Waals surface area contributed by atoms with Crippen LogP contribution in [0.15, 0.2) is 30.0 Å². The summed E-state index contributed by atoms with van der Waals surface area (Å²) in [6.45, 7) is 0. The fourth-order valence-electron chi connectivity index (χ4n) is 4.77. The lowest BCUT2D eigenvalue weighted by Gasteiger charge is -2.49. The molecule has 2 aliphatic carbocycles. The van der Waals surface area contributed by atoms with E-state index >= 15 is 0 Å². The monoisotopic (exact) mass is 328 g/mol. The molecule has 2 bridgehead atoms. The molecule has 4 aliphatic rings. The molecule has 0 radical (unpaired) electrons. The van der Waals surface area contributed by atoms with Crippen molar-refractivity contribution in [3.63, 3.8) is 0 Å². The van der Waals surface area contributed by atoms with E-state index in [1.54, 1.807) is 0 Å². The summed E-state index contributed by atoms with van der Waals surface area (Å²) in [6, 6.07) is 8.20. The molecule has 4 heteroatoms. The van der Waals surface area contributed by atoms with Crippen molar-refractivity contribution in [1.29, 1.82) is 0 Å². The van der Waals surface area contributed by atoms with E-state index in [-0.39, 0.29) is 17.7 Å². The van der Waals surface area contributed by atoms with Gasteiger partial charge in [0.05, 0.1) is 5.57 Å². The molecular formula is C19H21ClN2O. The standard InChI is InChI=1S/C19H21ClN2O/c20-17(23)10-13-4-6-14(7-5-13)18-15-11-19(8-2-1-3-9-19)12-16(18)22(15)21/h4-7,15H,1-3,8-12H2. The lowest BCUT2D eigenvalue weighted by Crippen LogP contribution is -2.48. The van der Waals surface area contributed by atoms with E-state index in [4.69, 9.17) is 11.6 Å². The van der Waals surface area contributed by atoms with Crippen molar-refractivity contribution >= 4 is 22.4 Å². The first kappa shape index (κ1) is 15.1. The number of carbonyl (C=O) groups excluding carboxylic acids is 1. The van der Waals surface area contributed by atoms with Crippen LogP contribution in [0, 0.1) is 5.41 Å². The first-order chi connectivity index (χ1) is 11.1. The number of hydrogen-bond acceptors (Lipinski definition) is 1. The van der Waals surface area contributed by atoms with Crippen LogP contribution in [0.4, 0.5) is 0 Å². The van der Waals surface area contributed by atoms with Crippen LogP contribution < -0.4 is 0 Å². The molecule has 1 atom stereocenters. The highest BCUT2D eigenvalue weighted by atomic mass is 35.5. The van der Waals surface area contributed by atoms with Gasteiger partial charge in [-0.1, -0.05) is 43.5 Å². The molecular weight excluding hydrogens is 308 g/mol. The highest BCUT2D eigenvalue weighted by Gasteiger charge is 2.54. The Kier molecular flexibility index (Phi) is 3.64. The summed E-state index contributed by atoms with van der Waals surface area (Å²) < 4.78 is 1.49. The van der Waals surface area contributed by atoms with Crippen LogP contribution in [0.5, 0.6) is 0 Å². The van der Waals surface area contributed by atoms with Gasteiger partial charge in [-0.3, -0.25) is 9.49 Å². The SMILES string of the molecule is [N-]=[N+]1C2=C(c3ccc(CC(=O)Cl)cc3)C1CC1(CCCCC1)C2. The van der Waals surface area contributed by atoms with Crippen molar-refractivity contribution in [3.8, 4) is 0 Å². The topological polar surface area (TPSA) is 42.4 Å². The van der Waals surface area contributed by atoms with Crippen LogP contribution >= 0.6 is 11.6 Å². The second kappa shape index (κ2) is 5.55. The van der Waals surface area contributed by atoms with Gasteiger partial charge in [0.1, 0.15) is 0 Å². The molecule has 0 N–H and O–H groups in total. The average Bonchev–Trinajstić information content (AvgIpc) is 2.55. The van der Waals surface area contributed by atoms with Crippen molar-refractivity contribution in [2.75, 3.05) is 0 Å². The van der Waals surface area contributed by atoms with Gasteiger partial charge in [-0.15, -0.1) is 0 Å². The first-order valence-corrected chi connectivity index (χ1v) is 8.95. The van der Waals surface area contributed by atoms with E-state index < -0.39 is 0 Å². The van der Waals surface area contributed by atoms with Gasteiger partial charge < -0.3 is 5.53 Å². The van der Waals surface area contributed by atoms with Crippen molar-refractivity contribution in [1.82, 2.24) is 0 Å². The number of halogens is 1. The third-order valence-corrected chi connectivity index (χ3v) is 6.04. The van der Waals surface area contributed by atoms with Gasteiger partial charge in [0.25, 0.3) is 0 Å². The second-order valence-electron chi connectivity index (χ2n) is 7.39. The normalized spacial score (nSPS) is 25.4. The molecule has 120 valence electrons. The maximum absolute atomic E-state index is 11.0. The molecule has 0 aromatic heterocycles. The Morgan fingerprint density at radius 1 is 1.22 bits per heavy atom. The minimum Gasteiger partial charge on any atom is -0.500 e. The maximum atomic E-state index is 11.0. The first-order valence-electron chi connectivity index (χ1n) is 8.57. The maximum Gasteiger partial charge on any atom is 0.226 e. The zero-order chi connectivity index (χ0) is 16.0. The number of nitrogens with zero attached hydrogens (tertiary/aromatic N) is 2. The molecule has 0 amide bonds. The lowest BCUT2D eigenvalue weighted by atomic mass is 9.60. The summed E-state index contributed by atoms with van der Waals surface area (Å²) in [5, 5.41) is -0.332. The number of hydrogen-bond donors (Lipinski definition) is 0. The molecule has 1 aromatic carbocycles. The van der Waals surface area contributed by atoms with E-state index in [0.29, 0.717) is 5.41 Å². The quantitative estimate of drug-likeness (QED) is 0.576. The Morgan fingerprint density at radius 2 is 1.91 bits per heavy atom.